The van der Waals surface area contributed by atoms with Crippen LogP contribution in [-0.4, -0.2) is 17.2 Å². The highest BCUT2D eigenvalue weighted by Gasteiger charge is 2.31. The molecule has 0 aliphatic rings. The zero-order valence-electron chi connectivity index (χ0n) is 13.6. The molecule has 0 spiro atoms. The second-order valence-corrected chi connectivity index (χ2v) is 5.76. The molecule has 0 bridgehead atoms. The van der Waals surface area contributed by atoms with Crippen molar-refractivity contribution in [2.75, 3.05) is 10.6 Å². The molecule has 0 fully saturated rings. The van der Waals surface area contributed by atoms with Crippen molar-refractivity contribution in [3.05, 3.63) is 59.7 Å². The van der Waals surface area contributed by atoms with Crippen LogP contribution in [0.15, 0.2) is 48.5 Å². The number of benzene rings is 2. The van der Waals surface area contributed by atoms with Crippen LogP contribution in [0.5, 0.6) is 0 Å². The predicted octanol–water partition coefficient (Wildman–Crippen LogP) is 4.04. The van der Waals surface area contributed by atoms with Gasteiger partial charge in [0.1, 0.15) is 4.99 Å². The molecule has 0 heterocycles. The van der Waals surface area contributed by atoms with Crippen molar-refractivity contribution in [1.82, 2.24) is 0 Å². The number of halogens is 3. The number of aldehydes is 1. The number of nitrogens with one attached hydrogen (secondary N) is 2. The number of thiocarbonyl (C=S) groups is 1. The van der Waals surface area contributed by atoms with Gasteiger partial charge in [-0.25, -0.2) is 0 Å². The standard InChI is InChI=1S/C18H12F3N3O2S/c19-18(20,21)12-5-3-6-13(8-12)23-16(26)14(9-22)17(27)24-15-7-2-1-4-11(15)10-25/h1-8,10,14H,(H,23,26)(H,24,27). The van der Waals surface area contributed by atoms with Crippen LogP contribution in [0.25, 0.3) is 0 Å². The molecule has 0 aromatic heterocycles. The summed E-state index contributed by atoms with van der Waals surface area (Å²) in [5.74, 6) is -2.35. The van der Waals surface area contributed by atoms with Gasteiger partial charge < -0.3 is 10.6 Å². The number of anilines is 2. The molecule has 1 unspecified atom stereocenters. The number of alkyl halides is 3. The SMILES string of the molecule is N#CC(C(=O)Nc1cccc(C(F)(F)F)c1)C(=S)Nc1ccccc1C=O. The minimum Gasteiger partial charge on any atom is -0.348 e. The highest BCUT2D eigenvalue weighted by Crippen LogP contribution is 2.30. The second kappa shape index (κ2) is 8.42. The zero-order valence-corrected chi connectivity index (χ0v) is 14.4. The summed E-state index contributed by atoms with van der Waals surface area (Å²) in [6.07, 6.45) is -3.99. The third-order valence-corrected chi connectivity index (χ3v) is 3.79. The van der Waals surface area contributed by atoms with Gasteiger partial charge in [-0.3, -0.25) is 9.59 Å². The van der Waals surface area contributed by atoms with Crippen LogP contribution in [-0.2, 0) is 11.0 Å². The third-order valence-electron chi connectivity index (χ3n) is 3.46. The minimum atomic E-state index is -4.56. The van der Waals surface area contributed by atoms with Crippen LogP contribution in [0.2, 0.25) is 0 Å². The number of para-hydroxylation sites is 1. The quantitative estimate of drug-likeness (QED) is 0.594. The number of hydrogen-bond acceptors (Lipinski definition) is 4. The summed E-state index contributed by atoms with van der Waals surface area (Å²) in [5.41, 5.74) is -0.472. The van der Waals surface area contributed by atoms with Crippen molar-refractivity contribution in [1.29, 1.82) is 5.26 Å². The zero-order chi connectivity index (χ0) is 20.0. The Bertz CT molecular complexity index is 923. The summed E-state index contributed by atoms with van der Waals surface area (Å²) in [4.78, 5) is 23.1. The first-order valence-electron chi connectivity index (χ1n) is 7.49. The number of nitrogens with zero attached hydrogens (tertiary/aromatic N) is 1. The normalized spacial score (nSPS) is 11.8. The van der Waals surface area contributed by atoms with Crippen molar-refractivity contribution in [3.63, 3.8) is 0 Å². The van der Waals surface area contributed by atoms with Crippen LogP contribution < -0.4 is 10.6 Å². The monoisotopic (exact) mass is 391 g/mol. The smallest absolute Gasteiger partial charge is 0.348 e. The fourth-order valence-electron chi connectivity index (χ4n) is 2.14. The molecule has 0 saturated heterocycles. The lowest BCUT2D eigenvalue weighted by Gasteiger charge is -2.15. The summed E-state index contributed by atoms with van der Waals surface area (Å²) in [7, 11) is 0. The number of nitriles is 1. The Balaban J connectivity index is 2.15. The summed E-state index contributed by atoms with van der Waals surface area (Å²) in [5, 5.41) is 14.1. The number of hydrogen-bond donors (Lipinski definition) is 2. The van der Waals surface area contributed by atoms with Gasteiger partial charge in [0.05, 0.1) is 11.6 Å². The first-order valence-corrected chi connectivity index (χ1v) is 7.90. The van der Waals surface area contributed by atoms with Crippen molar-refractivity contribution >= 4 is 40.8 Å². The average molecular weight is 391 g/mol. The predicted molar refractivity (Wildman–Crippen MR) is 97.2 cm³/mol. The summed E-state index contributed by atoms with van der Waals surface area (Å²) < 4.78 is 38.2. The van der Waals surface area contributed by atoms with E-state index < -0.39 is 23.6 Å². The number of rotatable bonds is 5. The van der Waals surface area contributed by atoms with E-state index >= 15 is 0 Å². The molecule has 5 nitrogen and oxygen atoms in total. The van der Waals surface area contributed by atoms with E-state index in [1.54, 1.807) is 18.2 Å². The molecule has 0 radical (unpaired) electrons. The van der Waals surface area contributed by atoms with E-state index in [-0.39, 0.29) is 16.2 Å². The lowest BCUT2D eigenvalue weighted by Crippen LogP contribution is -2.32. The molecule has 1 amide bonds. The molecule has 1 atom stereocenters. The fourth-order valence-corrected chi connectivity index (χ4v) is 2.41. The maximum absolute atomic E-state index is 12.7. The lowest BCUT2D eigenvalue weighted by molar-refractivity contribution is -0.137. The fraction of sp³-hybridized carbons (Fsp3) is 0.111. The van der Waals surface area contributed by atoms with Gasteiger partial charge in [0, 0.05) is 16.9 Å². The highest BCUT2D eigenvalue weighted by atomic mass is 32.1. The van der Waals surface area contributed by atoms with Gasteiger partial charge in [0.15, 0.2) is 12.2 Å². The van der Waals surface area contributed by atoms with E-state index in [4.69, 9.17) is 12.2 Å². The van der Waals surface area contributed by atoms with Crippen LogP contribution in [0.3, 0.4) is 0 Å². The maximum atomic E-state index is 12.7. The van der Waals surface area contributed by atoms with Crippen LogP contribution >= 0.6 is 12.2 Å². The van der Waals surface area contributed by atoms with Gasteiger partial charge in [-0.2, -0.15) is 18.4 Å². The highest BCUT2D eigenvalue weighted by molar-refractivity contribution is 7.80. The van der Waals surface area contributed by atoms with E-state index in [2.05, 4.69) is 10.6 Å². The number of carbonyl (C=O) groups excluding carboxylic acids is 2. The summed E-state index contributed by atoms with van der Waals surface area (Å²) >= 11 is 5.05. The maximum Gasteiger partial charge on any atom is 0.416 e. The van der Waals surface area contributed by atoms with E-state index in [1.807, 2.05) is 0 Å². The molecule has 138 valence electrons. The van der Waals surface area contributed by atoms with Crippen molar-refractivity contribution < 1.29 is 22.8 Å². The second-order valence-electron chi connectivity index (χ2n) is 5.32. The molecule has 0 saturated carbocycles. The molecule has 0 aliphatic carbocycles. The Hall–Kier alpha value is -3.25. The number of amides is 1. The molecule has 27 heavy (non-hydrogen) atoms. The molecule has 2 rings (SSSR count). The Labute approximate surface area is 157 Å². The van der Waals surface area contributed by atoms with Gasteiger partial charge in [-0.1, -0.05) is 30.4 Å². The third kappa shape index (κ3) is 5.12. The van der Waals surface area contributed by atoms with E-state index in [0.29, 0.717) is 12.0 Å². The largest absolute Gasteiger partial charge is 0.416 e. The van der Waals surface area contributed by atoms with Crippen molar-refractivity contribution in [2.45, 2.75) is 6.18 Å². The minimum absolute atomic E-state index is 0.119. The molecule has 9 heteroatoms. The molecule has 2 N–H and O–H groups in total. The molecular weight excluding hydrogens is 379 g/mol. The van der Waals surface area contributed by atoms with E-state index in [1.165, 1.54) is 18.2 Å². The van der Waals surface area contributed by atoms with Gasteiger partial charge in [0.25, 0.3) is 0 Å². The molecular formula is C18H12F3N3O2S. The van der Waals surface area contributed by atoms with Gasteiger partial charge in [-0.15, -0.1) is 0 Å². The lowest BCUT2D eigenvalue weighted by atomic mass is 10.1. The van der Waals surface area contributed by atoms with Crippen LogP contribution in [0.4, 0.5) is 24.5 Å². The first kappa shape index (κ1) is 20.1. The molecule has 0 aliphatic heterocycles. The van der Waals surface area contributed by atoms with Crippen LogP contribution in [0.1, 0.15) is 15.9 Å². The van der Waals surface area contributed by atoms with E-state index in [9.17, 15) is 28.0 Å². The Morgan fingerprint density at radius 3 is 2.48 bits per heavy atom. The van der Waals surface area contributed by atoms with Crippen molar-refractivity contribution in [3.8, 4) is 6.07 Å². The van der Waals surface area contributed by atoms with Gasteiger partial charge in [-0.05, 0) is 30.3 Å². The van der Waals surface area contributed by atoms with Gasteiger partial charge >= 0.3 is 6.18 Å². The summed E-state index contributed by atoms with van der Waals surface area (Å²) in [6, 6.07) is 12.0. The Morgan fingerprint density at radius 1 is 1.15 bits per heavy atom. The molecule has 2 aromatic rings. The van der Waals surface area contributed by atoms with Crippen LogP contribution in [0, 0.1) is 17.2 Å². The van der Waals surface area contributed by atoms with Gasteiger partial charge in [0.2, 0.25) is 5.91 Å². The van der Waals surface area contributed by atoms with E-state index in [0.717, 1.165) is 18.2 Å². The number of carbonyl (C=O) groups is 2. The topological polar surface area (TPSA) is 82.0 Å². The first-order chi connectivity index (χ1) is 12.8. The average Bonchev–Trinajstić information content (AvgIpc) is 2.62. The Kier molecular flexibility index (Phi) is 6.26. The van der Waals surface area contributed by atoms with Crippen molar-refractivity contribution in [2.24, 2.45) is 5.92 Å². The Morgan fingerprint density at radius 2 is 1.85 bits per heavy atom. The summed E-state index contributed by atoms with van der Waals surface area (Å²) in [6.45, 7) is 0. The molecule has 2 aromatic carbocycles.